The molecule has 3 aromatic heterocycles. The Labute approximate surface area is 176 Å². The molecule has 4 aromatic rings. The SMILES string of the molecule is COc1cc(NC(=O)Nc2cc(C)nn2-c2nc(-c3ccco3)cs2)cc(OC)c1. The third kappa shape index (κ3) is 4.13. The number of nitrogens with zero attached hydrogens (tertiary/aromatic N) is 3. The zero-order valence-electron chi connectivity index (χ0n) is 16.5. The number of aryl methyl sites for hydroxylation is 1. The van der Waals surface area contributed by atoms with Crippen molar-refractivity contribution in [3.05, 3.63) is 53.7 Å². The number of ether oxygens (including phenoxy) is 2. The highest BCUT2D eigenvalue weighted by molar-refractivity contribution is 7.12. The molecule has 0 unspecified atom stereocenters. The zero-order chi connectivity index (χ0) is 21.1. The van der Waals surface area contributed by atoms with E-state index >= 15 is 0 Å². The summed E-state index contributed by atoms with van der Waals surface area (Å²) in [5.41, 5.74) is 1.97. The van der Waals surface area contributed by atoms with E-state index in [1.807, 2.05) is 18.4 Å². The first kappa shape index (κ1) is 19.5. The number of aromatic nitrogens is 3. The molecule has 0 aliphatic heterocycles. The van der Waals surface area contributed by atoms with Crippen molar-refractivity contribution in [1.82, 2.24) is 14.8 Å². The number of rotatable bonds is 6. The number of hydrogen-bond acceptors (Lipinski definition) is 7. The van der Waals surface area contributed by atoms with Gasteiger partial charge in [-0.05, 0) is 19.1 Å². The van der Waals surface area contributed by atoms with Gasteiger partial charge in [0, 0.05) is 35.3 Å². The number of methoxy groups -OCH3 is 2. The molecule has 2 amide bonds. The second kappa shape index (κ2) is 8.29. The second-order valence-corrected chi connectivity index (χ2v) is 7.09. The number of benzene rings is 1. The van der Waals surface area contributed by atoms with Crippen LogP contribution in [0.1, 0.15) is 5.69 Å². The van der Waals surface area contributed by atoms with E-state index in [1.165, 1.54) is 11.3 Å². The molecule has 0 bridgehead atoms. The fourth-order valence-corrected chi connectivity index (χ4v) is 3.57. The Balaban J connectivity index is 1.54. The van der Waals surface area contributed by atoms with Crippen molar-refractivity contribution in [2.45, 2.75) is 6.92 Å². The van der Waals surface area contributed by atoms with Crippen molar-refractivity contribution < 1.29 is 18.7 Å². The third-order valence-electron chi connectivity index (χ3n) is 4.13. The lowest BCUT2D eigenvalue weighted by Crippen LogP contribution is -2.21. The van der Waals surface area contributed by atoms with Crippen LogP contribution in [-0.4, -0.2) is 35.0 Å². The molecule has 0 radical (unpaired) electrons. The molecule has 0 saturated carbocycles. The quantitative estimate of drug-likeness (QED) is 0.469. The fraction of sp³-hybridized carbons (Fsp3) is 0.150. The van der Waals surface area contributed by atoms with Crippen LogP contribution in [0.4, 0.5) is 16.3 Å². The normalized spacial score (nSPS) is 10.6. The average Bonchev–Trinajstić information content (AvgIpc) is 3.48. The molecule has 2 N–H and O–H groups in total. The molecule has 0 atom stereocenters. The molecule has 9 nitrogen and oxygen atoms in total. The fourth-order valence-electron chi connectivity index (χ4n) is 2.79. The minimum atomic E-state index is -0.436. The molecule has 1 aromatic carbocycles. The van der Waals surface area contributed by atoms with Gasteiger partial charge in [0.25, 0.3) is 0 Å². The Morgan fingerprint density at radius 3 is 2.57 bits per heavy atom. The van der Waals surface area contributed by atoms with Crippen LogP contribution in [0.2, 0.25) is 0 Å². The Bertz CT molecular complexity index is 1140. The maximum absolute atomic E-state index is 12.6. The van der Waals surface area contributed by atoms with Gasteiger partial charge >= 0.3 is 6.03 Å². The minimum Gasteiger partial charge on any atom is -0.497 e. The molecular weight excluding hydrogens is 406 g/mol. The highest BCUT2D eigenvalue weighted by atomic mass is 32.1. The van der Waals surface area contributed by atoms with Crippen molar-refractivity contribution in [1.29, 1.82) is 0 Å². The predicted molar refractivity (Wildman–Crippen MR) is 114 cm³/mol. The van der Waals surface area contributed by atoms with E-state index in [1.54, 1.807) is 55.5 Å². The van der Waals surface area contributed by atoms with E-state index in [-0.39, 0.29) is 0 Å². The Kier molecular flexibility index (Phi) is 5.40. The van der Waals surface area contributed by atoms with Crippen LogP contribution in [0.5, 0.6) is 11.5 Å². The number of hydrogen-bond donors (Lipinski definition) is 2. The molecule has 154 valence electrons. The first-order valence-electron chi connectivity index (χ1n) is 8.93. The van der Waals surface area contributed by atoms with Crippen LogP contribution >= 0.6 is 11.3 Å². The van der Waals surface area contributed by atoms with Gasteiger partial charge < -0.3 is 19.2 Å². The number of carbonyl (C=O) groups excluding carboxylic acids is 1. The van der Waals surface area contributed by atoms with Gasteiger partial charge in [-0.2, -0.15) is 9.78 Å². The van der Waals surface area contributed by atoms with Crippen LogP contribution < -0.4 is 20.1 Å². The first-order valence-corrected chi connectivity index (χ1v) is 9.81. The molecule has 0 aliphatic carbocycles. The lowest BCUT2D eigenvalue weighted by molar-refractivity contribution is 0.262. The van der Waals surface area contributed by atoms with Crippen LogP contribution in [0, 0.1) is 6.92 Å². The van der Waals surface area contributed by atoms with Crippen molar-refractivity contribution in [3.8, 4) is 28.1 Å². The molecule has 4 rings (SSSR count). The number of carbonyl (C=O) groups is 1. The zero-order valence-corrected chi connectivity index (χ0v) is 17.3. The van der Waals surface area contributed by atoms with Crippen LogP contribution in [0.3, 0.4) is 0 Å². The van der Waals surface area contributed by atoms with Gasteiger partial charge in [-0.25, -0.2) is 9.78 Å². The van der Waals surface area contributed by atoms with E-state index in [2.05, 4.69) is 20.7 Å². The summed E-state index contributed by atoms with van der Waals surface area (Å²) in [5, 5.41) is 12.5. The van der Waals surface area contributed by atoms with Gasteiger partial charge in [-0.3, -0.25) is 5.32 Å². The topological polar surface area (TPSA) is 103 Å². The Morgan fingerprint density at radius 2 is 1.90 bits per heavy atom. The molecular formula is C20H19N5O4S. The lowest BCUT2D eigenvalue weighted by atomic mass is 10.3. The smallest absolute Gasteiger partial charge is 0.324 e. The summed E-state index contributed by atoms with van der Waals surface area (Å²) in [4.78, 5) is 17.1. The van der Waals surface area contributed by atoms with E-state index in [0.717, 1.165) is 5.69 Å². The third-order valence-corrected chi connectivity index (χ3v) is 4.95. The number of urea groups is 1. The summed E-state index contributed by atoms with van der Waals surface area (Å²) in [6, 6.07) is 10.1. The summed E-state index contributed by atoms with van der Waals surface area (Å²) in [6.07, 6.45) is 1.59. The van der Waals surface area contributed by atoms with Gasteiger partial charge in [0.05, 0.1) is 26.2 Å². The van der Waals surface area contributed by atoms with Gasteiger partial charge in [0.1, 0.15) is 23.0 Å². The van der Waals surface area contributed by atoms with Crippen molar-refractivity contribution in [3.63, 3.8) is 0 Å². The molecule has 10 heteroatoms. The number of anilines is 2. The number of nitrogens with one attached hydrogen (secondary N) is 2. The van der Waals surface area contributed by atoms with Crippen molar-refractivity contribution in [2.75, 3.05) is 24.9 Å². The summed E-state index contributed by atoms with van der Waals surface area (Å²) in [5.74, 6) is 2.29. The molecule has 3 heterocycles. The molecule has 0 spiro atoms. The second-order valence-electron chi connectivity index (χ2n) is 6.26. The van der Waals surface area contributed by atoms with Crippen molar-refractivity contribution >= 4 is 28.9 Å². The van der Waals surface area contributed by atoms with E-state index < -0.39 is 6.03 Å². The Morgan fingerprint density at radius 1 is 1.13 bits per heavy atom. The van der Waals surface area contributed by atoms with E-state index in [9.17, 15) is 4.79 Å². The number of thiazole rings is 1. The van der Waals surface area contributed by atoms with E-state index in [4.69, 9.17) is 13.9 Å². The van der Waals surface area contributed by atoms with Gasteiger partial charge in [-0.15, -0.1) is 11.3 Å². The average molecular weight is 425 g/mol. The van der Waals surface area contributed by atoms with Gasteiger partial charge in [-0.1, -0.05) is 0 Å². The number of furan rings is 1. The predicted octanol–water partition coefficient (Wildman–Crippen LogP) is 4.56. The van der Waals surface area contributed by atoms with Gasteiger partial charge in [0.15, 0.2) is 5.76 Å². The summed E-state index contributed by atoms with van der Waals surface area (Å²) in [6.45, 7) is 1.84. The van der Waals surface area contributed by atoms with Crippen molar-refractivity contribution in [2.24, 2.45) is 0 Å². The highest BCUT2D eigenvalue weighted by Crippen LogP contribution is 2.28. The van der Waals surface area contributed by atoms with E-state index in [0.29, 0.717) is 39.6 Å². The first-order chi connectivity index (χ1) is 14.6. The standard InChI is InChI=1S/C20H19N5O4S/c1-12-7-18(23-19(26)21-13-8-14(27-2)10-15(9-13)28-3)25(24-12)20-22-16(11-30-20)17-5-4-6-29-17/h4-11H,1-3H3,(H2,21,23,26). The van der Waals surface area contributed by atoms with Gasteiger partial charge in [0.2, 0.25) is 5.13 Å². The molecule has 0 aliphatic rings. The molecule has 30 heavy (non-hydrogen) atoms. The monoisotopic (exact) mass is 425 g/mol. The Hall–Kier alpha value is -3.79. The maximum atomic E-state index is 12.6. The maximum Gasteiger partial charge on any atom is 0.324 e. The number of amides is 2. The lowest BCUT2D eigenvalue weighted by Gasteiger charge is -2.11. The molecule has 0 fully saturated rings. The summed E-state index contributed by atoms with van der Waals surface area (Å²) < 4.78 is 17.4. The van der Waals surface area contributed by atoms with Crippen LogP contribution in [0.15, 0.2) is 52.5 Å². The van der Waals surface area contributed by atoms with Crippen LogP contribution in [0.25, 0.3) is 16.6 Å². The largest absolute Gasteiger partial charge is 0.497 e. The summed E-state index contributed by atoms with van der Waals surface area (Å²) in [7, 11) is 3.09. The minimum absolute atomic E-state index is 0.436. The highest BCUT2D eigenvalue weighted by Gasteiger charge is 2.16. The summed E-state index contributed by atoms with van der Waals surface area (Å²) >= 11 is 1.39. The van der Waals surface area contributed by atoms with Crippen LogP contribution in [-0.2, 0) is 0 Å². The molecule has 0 saturated heterocycles.